The molecule has 0 heterocycles. The van der Waals surface area contributed by atoms with Gasteiger partial charge in [0.05, 0.1) is 14.2 Å². The monoisotopic (exact) mass is 326 g/mol. The van der Waals surface area contributed by atoms with Gasteiger partial charge < -0.3 is 9.47 Å². The van der Waals surface area contributed by atoms with E-state index in [-0.39, 0.29) is 0 Å². The van der Waals surface area contributed by atoms with Crippen LogP contribution in [0.3, 0.4) is 0 Å². The van der Waals surface area contributed by atoms with Gasteiger partial charge in [-0.1, -0.05) is 61.3 Å². The Morgan fingerprint density at radius 2 is 1.17 bits per heavy atom. The summed E-state index contributed by atoms with van der Waals surface area (Å²) in [5.74, 6) is 2.01. The fourth-order valence-electron chi connectivity index (χ4n) is 2.76. The number of methoxy groups -OCH3 is 2. The molecule has 0 amide bonds. The molecule has 0 aliphatic rings. The normalized spacial score (nSPS) is 10.6. The molecule has 0 bridgehead atoms. The molecule has 2 aromatic carbocycles. The molecule has 0 saturated heterocycles. The summed E-state index contributed by atoms with van der Waals surface area (Å²) in [5, 5.41) is 2.60. The Bertz CT molecular complexity index is 582. The average molecular weight is 327 g/mol. The summed E-state index contributed by atoms with van der Waals surface area (Å²) >= 11 is 0. The molecular formula is C20H26O2Si. The van der Waals surface area contributed by atoms with Gasteiger partial charge in [-0.15, -0.1) is 0 Å². The quantitative estimate of drug-likeness (QED) is 0.693. The molecule has 23 heavy (non-hydrogen) atoms. The van der Waals surface area contributed by atoms with Crippen LogP contribution in [0, 0.1) is 0 Å². The summed E-state index contributed by atoms with van der Waals surface area (Å²) in [5.41, 5.74) is 2.58. The van der Waals surface area contributed by atoms with Crippen LogP contribution in [0.5, 0.6) is 11.5 Å². The maximum atomic E-state index is 5.55. The highest BCUT2D eigenvalue weighted by molar-refractivity contribution is 6.67. The minimum atomic E-state index is 0.612. The van der Waals surface area contributed by atoms with Gasteiger partial charge in [-0.05, 0) is 36.1 Å². The molecular weight excluding hydrogens is 300 g/mol. The van der Waals surface area contributed by atoms with Crippen molar-refractivity contribution in [3.63, 3.8) is 0 Å². The number of hydrogen-bond donors (Lipinski definition) is 0. The highest BCUT2D eigenvalue weighted by Gasteiger charge is 2.08. The van der Waals surface area contributed by atoms with Crippen LogP contribution in [0.15, 0.2) is 36.4 Å². The van der Waals surface area contributed by atoms with Crippen LogP contribution in [-0.4, -0.2) is 23.7 Å². The van der Waals surface area contributed by atoms with Crippen molar-refractivity contribution in [2.75, 3.05) is 14.2 Å². The van der Waals surface area contributed by atoms with Crippen LogP contribution in [0.4, 0.5) is 0 Å². The molecule has 0 spiro atoms. The van der Waals surface area contributed by atoms with Crippen molar-refractivity contribution in [1.82, 2.24) is 0 Å². The molecule has 0 N–H and O–H groups in total. The number of hydrogen-bond acceptors (Lipinski definition) is 2. The lowest BCUT2D eigenvalue weighted by molar-refractivity contribution is 0.410. The number of aryl methyl sites for hydroxylation is 2. The van der Waals surface area contributed by atoms with Gasteiger partial charge in [-0.25, -0.2) is 0 Å². The Labute approximate surface area is 142 Å². The first kappa shape index (κ1) is 17.6. The van der Waals surface area contributed by atoms with E-state index in [9.17, 15) is 0 Å². The molecule has 0 aromatic heterocycles. The van der Waals surface area contributed by atoms with Crippen molar-refractivity contribution in [2.24, 2.45) is 0 Å². The summed E-state index contributed by atoms with van der Waals surface area (Å²) in [6.45, 7) is 4.39. The van der Waals surface area contributed by atoms with Gasteiger partial charge in [0.1, 0.15) is 21.0 Å². The first-order chi connectivity index (χ1) is 11.2. The molecule has 122 valence electrons. The lowest BCUT2D eigenvalue weighted by atomic mass is 10.1. The molecule has 3 heteroatoms. The van der Waals surface area contributed by atoms with Crippen molar-refractivity contribution in [3.8, 4) is 11.5 Å². The van der Waals surface area contributed by atoms with E-state index in [2.05, 4.69) is 50.2 Å². The molecule has 2 nitrogen and oxygen atoms in total. The lowest BCUT2D eigenvalue weighted by Crippen LogP contribution is -2.27. The third-order valence-electron chi connectivity index (χ3n) is 3.90. The average Bonchev–Trinajstić information content (AvgIpc) is 2.58. The fraction of sp³-hybridized carbons (Fsp3) is 0.400. The summed E-state index contributed by atoms with van der Waals surface area (Å²) in [6, 6.07) is 13.2. The maximum absolute atomic E-state index is 5.55. The Hall–Kier alpha value is -1.74. The maximum Gasteiger partial charge on any atom is 0.121 e. The van der Waals surface area contributed by atoms with Gasteiger partial charge in [0.15, 0.2) is 0 Å². The predicted octanol–water partition coefficient (Wildman–Crippen LogP) is 3.26. The molecule has 0 aliphatic carbocycles. The minimum Gasteiger partial charge on any atom is -0.496 e. The summed E-state index contributed by atoms with van der Waals surface area (Å²) < 4.78 is 11.1. The minimum absolute atomic E-state index is 0.612. The zero-order valence-corrected chi connectivity index (χ0v) is 15.6. The number of benzene rings is 2. The molecule has 0 fully saturated rings. The van der Waals surface area contributed by atoms with E-state index in [1.54, 1.807) is 14.2 Å². The van der Waals surface area contributed by atoms with Gasteiger partial charge in [0.25, 0.3) is 0 Å². The smallest absolute Gasteiger partial charge is 0.121 e. The van der Waals surface area contributed by atoms with E-state index in [4.69, 9.17) is 9.47 Å². The summed E-state index contributed by atoms with van der Waals surface area (Å²) in [4.78, 5) is 0. The lowest BCUT2D eigenvalue weighted by Gasteiger charge is -2.12. The van der Waals surface area contributed by atoms with Gasteiger partial charge in [0, 0.05) is 0 Å². The van der Waals surface area contributed by atoms with E-state index in [0.717, 1.165) is 37.2 Å². The number of rotatable bonds is 8. The second-order valence-corrected chi connectivity index (χ2v) is 7.08. The highest BCUT2D eigenvalue weighted by Crippen LogP contribution is 2.19. The largest absolute Gasteiger partial charge is 0.496 e. The summed E-state index contributed by atoms with van der Waals surface area (Å²) in [6.07, 6.45) is 4.39. The van der Waals surface area contributed by atoms with Crippen molar-refractivity contribution in [2.45, 2.75) is 39.5 Å². The van der Waals surface area contributed by atoms with Crippen molar-refractivity contribution >= 4 is 19.9 Å². The first-order valence-electron chi connectivity index (χ1n) is 8.32. The fourth-order valence-corrected chi connectivity index (χ4v) is 3.84. The van der Waals surface area contributed by atoms with E-state index in [1.807, 2.05) is 0 Å². The zero-order valence-electron chi connectivity index (χ0n) is 14.6. The Balaban J connectivity index is 2.21. The van der Waals surface area contributed by atoms with Crippen LogP contribution in [0.1, 0.15) is 37.8 Å². The highest BCUT2D eigenvalue weighted by atomic mass is 28.2. The Kier molecular flexibility index (Phi) is 6.72. The second kappa shape index (κ2) is 8.78. The van der Waals surface area contributed by atoms with E-state index in [1.165, 1.54) is 21.5 Å². The summed E-state index contributed by atoms with van der Waals surface area (Å²) in [7, 11) is 4.12. The molecule has 0 aliphatic heterocycles. The third kappa shape index (κ3) is 4.61. The van der Waals surface area contributed by atoms with Crippen molar-refractivity contribution in [3.05, 3.63) is 47.5 Å². The molecule has 2 aromatic rings. The molecule has 2 rings (SSSR count). The predicted molar refractivity (Wildman–Crippen MR) is 99.0 cm³/mol. The Morgan fingerprint density at radius 1 is 0.739 bits per heavy atom. The van der Waals surface area contributed by atoms with Gasteiger partial charge >= 0.3 is 0 Å². The van der Waals surface area contributed by atoms with Gasteiger partial charge in [-0.2, -0.15) is 0 Å². The molecule has 0 unspecified atom stereocenters. The molecule has 0 saturated carbocycles. The molecule has 0 atom stereocenters. The van der Waals surface area contributed by atoms with Gasteiger partial charge in [-0.3, -0.25) is 0 Å². The van der Waals surface area contributed by atoms with E-state index >= 15 is 0 Å². The molecule has 2 radical (unpaired) electrons. The zero-order chi connectivity index (χ0) is 16.7. The second-order valence-electron chi connectivity index (χ2n) is 5.68. The van der Waals surface area contributed by atoms with Crippen LogP contribution >= 0.6 is 0 Å². The van der Waals surface area contributed by atoms with Crippen molar-refractivity contribution < 1.29 is 9.47 Å². The van der Waals surface area contributed by atoms with Gasteiger partial charge in [0.2, 0.25) is 0 Å². The van der Waals surface area contributed by atoms with Crippen LogP contribution in [0.25, 0.3) is 0 Å². The standard InChI is InChI=1S/C20H26O2Si/c1-5-7-15-9-11-17(13-19(15)21-3)23-18-12-10-16(8-6-2)20(14-18)22-4/h9-14H,5-8H2,1-4H3. The first-order valence-corrected chi connectivity index (χ1v) is 9.32. The SMILES string of the molecule is CCCc1ccc([Si]c2ccc(CCC)c(OC)c2)cc1OC. The van der Waals surface area contributed by atoms with Crippen LogP contribution in [-0.2, 0) is 12.8 Å². The van der Waals surface area contributed by atoms with Crippen molar-refractivity contribution in [1.29, 1.82) is 0 Å². The van der Waals surface area contributed by atoms with E-state index in [0.29, 0.717) is 9.52 Å². The Morgan fingerprint density at radius 3 is 1.52 bits per heavy atom. The van der Waals surface area contributed by atoms with E-state index < -0.39 is 0 Å². The third-order valence-corrected chi connectivity index (χ3v) is 5.10. The van der Waals surface area contributed by atoms with Crippen LogP contribution in [0.2, 0.25) is 0 Å². The van der Waals surface area contributed by atoms with Crippen LogP contribution < -0.4 is 19.8 Å². The topological polar surface area (TPSA) is 18.5 Å². The number of ether oxygens (including phenoxy) is 2.